The predicted molar refractivity (Wildman–Crippen MR) is 161 cm³/mol. The van der Waals surface area contributed by atoms with Gasteiger partial charge in [0.2, 0.25) is 0 Å². The van der Waals surface area contributed by atoms with Crippen molar-refractivity contribution >= 4 is 53.9 Å². The van der Waals surface area contributed by atoms with Crippen molar-refractivity contribution in [3.05, 3.63) is 106 Å². The number of pyridine rings is 1. The van der Waals surface area contributed by atoms with Gasteiger partial charge in [0.15, 0.2) is 5.82 Å². The zero-order valence-electron chi connectivity index (χ0n) is 23.1. The summed E-state index contributed by atoms with van der Waals surface area (Å²) in [6, 6.07) is 17.1. The van der Waals surface area contributed by atoms with Crippen LogP contribution < -0.4 is 13.5 Å². The average Bonchev–Trinajstić information content (AvgIpc) is 3.39. The Labute approximate surface area is 254 Å². The molecule has 5 rings (SSSR count). The van der Waals surface area contributed by atoms with E-state index in [1.54, 1.807) is 26.0 Å². The zero-order valence-corrected chi connectivity index (χ0v) is 25.6. The molecule has 0 aliphatic heterocycles. The van der Waals surface area contributed by atoms with Crippen molar-refractivity contribution in [1.82, 2.24) is 14.3 Å². The monoisotopic (exact) mass is 663 g/mol. The number of nitrogens with one attached hydrogen (secondary N) is 1. The number of aryl methyl sites for hydroxylation is 2. The highest BCUT2D eigenvalue weighted by molar-refractivity contribution is 7.93. The minimum absolute atomic E-state index is 0.00583. The number of aromatic nitrogens is 3. The van der Waals surface area contributed by atoms with Gasteiger partial charge in [-0.3, -0.25) is 14.1 Å². The number of anilines is 2. The summed E-state index contributed by atoms with van der Waals surface area (Å²) in [7, 11) is -9.14. The summed E-state index contributed by atoms with van der Waals surface area (Å²) in [6.45, 7) is 1.15. The summed E-state index contributed by atoms with van der Waals surface area (Å²) in [4.78, 5) is 17.5. The molecule has 2 aromatic heterocycles. The van der Waals surface area contributed by atoms with Crippen LogP contribution in [0.15, 0.2) is 93.6 Å². The number of nitrogens with zero attached hydrogens (tertiary/aromatic N) is 4. The van der Waals surface area contributed by atoms with Gasteiger partial charge in [-0.15, -0.1) is 0 Å². The van der Waals surface area contributed by atoms with Gasteiger partial charge in [-0.05, 0) is 38.1 Å². The highest BCUT2D eigenvalue weighted by Crippen LogP contribution is 2.38. The molecule has 3 aromatic carbocycles. The van der Waals surface area contributed by atoms with E-state index < -0.39 is 49.9 Å². The van der Waals surface area contributed by atoms with Gasteiger partial charge in [0.25, 0.3) is 20.0 Å². The number of hydrogen-bond acceptors (Lipinski definition) is 8. The molecular formula is C28H24F3N5O5S3. The molecule has 0 atom stereocenters. The maximum absolute atomic E-state index is 14.0. The Bertz CT molecular complexity index is 2100. The minimum atomic E-state index is -4.94. The fourth-order valence-electron chi connectivity index (χ4n) is 4.44. The molecule has 0 bridgehead atoms. The van der Waals surface area contributed by atoms with Crippen molar-refractivity contribution in [2.75, 3.05) is 15.2 Å². The van der Waals surface area contributed by atoms with Gasteiger partial charge < -0.3 is 0 Å². The number of alkyl halides is 3. The topological polar surface area (TPSA) is 133 Å². The molecule has 0 radical (unpaired) electrons. The number of halogens is 3. The van der Waals surface area contributed by atoms with Gasteiger partial charge >= 0.3 is 11.0 Å². The van der Waals surface area contributed by atoms with Crippen LogP contribution >= 0.6 is 11.5 Å². The van der Waals surface area contributed by atoms with Gasteiger partial charge in [-0.2, -0.15) is 17.5 Å². The van der Waals surface area contributed by atoms with Crippen LogP contribution in [-0.4, -0.2) is 43.9 Å². The molecule has 0 unspecified atom stereocenters. The third kappa shape index (κ3) is 6.32. The van der Waals surface area contributed by atoms with Crippen molar-refractivity contribution in [2.24, 2.45) is 0 Å². The smallest absolute Gasteiger partial charge is 0.298 e. The number of sulfonamides is 2. The van der Waals surface area contributed by atoms with Crippen LogP contribution in [0.4, 0.5) is 24.7 Å². The quantitative estimate of drug-likeness (QED) is 0.231. The molecule has 230 valence electrons. The Hall–Kier alpha value is -4.28. The van der Waals surface area contributed by atoms with Crippen LogP contribution in [0.5, 0.6) is 0 Å². The number of rotatable bonds is 9. The second-order valence-electron chi connectivity index (χ2n) is 9.82. The number of benzene rings is 3. The van der Waals surface area contributed by atoms with E-state index in [0.717, 1.165) is 16.1 Å². The van der Waals surface area contributed by atoms with Crippen LogP contribution in [0.25, 0.3) is 10.8 Å². The normalized spacial score (nSPS) is 12.4. The Morgan fingerprint density at radius 2 is 1.32 bits per heavy atom. The molecule has 2 heterocycles. The minimum Gasteiger partial charge on any atom is -0.298 e. The molecule has 0 spiro atoms. The predicted octanol–water partition coefficient (Wildman–Crippen LogP) is 5.15. The number of hydrogen-bond donors (Lipinski definition) is 1. The van der Waals surface area contributed by atoms with Gasteiger partial charge in [0, 0.05) is 22.3 Å². The Balaban J connectivity index is 1.73. The number of aromatic amines is 1. The van der Waals surface area contributed by atoms with Crippen molar-refractivity contribution < 1.29 is 30.0 Å². The fraction of sp³-hybridized carbons (Fsp3) is 0.179. The van der Waals surface area contributed by atoms with Crippen molar-refractivity contribution in [1.29, 1.82) is 0 Å². The summed E-state index contributed by atoms with van der Waals surface area (Å²) in [5.74, 6) is -0.204. The lowest BCUT2D eigenvalue weighted by atomic mass is 10.1. The van der Waals surface area contributed by atoms with Crippen LogP contribution in [0.1, 0.15) is 17.0 Å². The van der Waals surface area contributed by atoms with Gasteiger partial charge in [-0.25, -0.2) is 26.1 Å². The summed E-state index contributed by atoms with van der Waals surface area (Å²) in [5.41, 5.74) is 1.10. The van der Waals surface area contributed by atoms with E-state index in [9.17, 15) is 34.8 Å². The second-order valence-corrected chi connectivity index (χ2v) is 14.3. The first-order chi connectivity index (χ1) is 20.7. The van der Waals surface area contributed by atoms with Crippen LogP contribution in [-0.2, 0) is 26.6 Å². The maximum atomic E-state index is 14.0. The maximum Gasteiger partial charge on any atom is 0.407 e. The molecule has 16 heteroatoms. The van der Waals surface area contributed by atoms with Crippen molar-refractivity contribution in [3.8, 4) is 0 Å². The second kappa shape index (κ2) is 11.7. The molecule has 0 saturated heterocycles. The third-order valence-electron chi connectivity index (χ3n) is 6.58. The highest BCUT2D eigenvalue weighted by Gasteiger charge is 2.39. The molecule has 10 nitrogen and oxygen atoms in total. The summed E-state index contributed by atoms with van der Waals surface area (Å²) < 4.78 is 102. The average molecular weight is 664 g/mol. The van der Waals surface area contributed by atoms with Crippen LogP contribution in [0.2, 0.25) is 0 Å². The van der Waals surface area contributed by atoms with Crippen LogP contribution in [0, 0.1) is 13.8 Å². The van der Waals surface area contributed by atoms with Gasteiger partial charge in [0.05, 0.1) is 28.2 Å². The van der Waals surface area contributed by atoms with Crippen molar-refractivity contribution in [2.45, 2.75) is 36.4 Å². The van der Waals surface area contributed by atoms with E-state index in [-0.39, 0.29) is 36.5 Å². The van der Waals surface area contributed by atoms with E-state index in [0.29, 0.717) is 17.1 Å². The summed E-state index contributed by atoms with van der Waals surface area (Å²) in [6.07, 6.45) is -4.04. The third-order valence-corrected chi connectivity index (χ3v) is 10.7. The SMILES string of the molecule is Cc1ccc(S(=O)(=O)N(CC(F)(F)F)c2cnc(N(Cc3nsc(=O)[nH]3)S(=O)(=O)c3ccc(C)cc3)c3ccccc23)cc1. The fourth-order valence-corrected chi connectivity index (χ4v) is 7.75. The molecule has 0 amide bonds. The number of H-pyrrole nitrogens is 1. The van der Waals surface area contributed by atoms with Crippen molar-refractivity contribution in [3.63, 3.8) is 0 Å². The lowest BCUT2D eigenvalue weighted by Crippen LogP contribution is -2.39. The Morgan fingerprint density at radius 3 is 1.82 bits per heavy atom. The van der Waals surface area contributed by atoms with E-state index in [1.165, 1.54) is 60.7 Å². The standard InChI is InChI=1S/C28H24F3N5O5S3/c1-18-7-11-20(12-8-18)43(38,39)35(16-25-33-27(37)42-34-25)26-23-6-4-3-5-22(23)24(15-32-26)36(17-28(29,30)31)44(40,41)21-13-9-19(2)10-14-21/h3-15H,16-17H2,1-2H3,(H,33,34,37). The largest absolute Gasteiger partial charge is 0.407 e. The highest BCUT2D eigenvalue weighted by atomic mass is 32.2. The van der Waals surface area contributed by atoms with Crippen LogP contribution in [0.3, 0.4) is 0 Å². The first-order valence-electron chi connectivity index (χ1n) is 12.8. The van der Waals surface area contributed by atoms with Gasteiger partial charge in [-0.1, -0.05) is 59.7 Å². The Morgan fingerprint density at radius 1 is 0.795 bits per heavy atom. The van der Waals surface area contributed by atoms with E-state index in [4.69, 9.17) is 0 Å². The molecule has 44 heavy (non-hydrogen) atoms. The summed E-state index contributed by atoms with van der Waals surface area (Å²) in [5, 5.41) is 0.0397. The van der Waals surface area contributed by atoms with E-state index in [2.05, 4.69) is 14.3 Å². The first kappa shape index (κ1) is 31.2. The molecule has 0 aliphatic carbocycles. The van der Waals surface area contributed by atoms with E-state index >= 15 is 0 Å². The summed E-state index contributed by atoms with van der Waals surface area (Å²) >= 11 is 0.584. The number of fused-ring (bicyclic) bond motifs is 1. The van der Waals surface area contributed by atoms with Gasteiger partial charge in [0.1, 0.15) is 12.4 Å². The molecular weight excluding hydrogens is 640 g/mol. The lowest BCUT2D eigenvalue weighted by Gasteiger charge is -2.28. The molecule has 5 aromatic rings. The lowest BCUT2D eigenvalue weighted by molar-refractivity contribution is -0.117. The molecule has 0 fully saturated rings. The molecule has 0 saturated carbocycles. The Kier molecular flexibility index (Phi) is 8.26. The molecule has 1 N–H and O–H groups in total. The van der Waals surface area contributed by atoms with E-state index in [1.807, 2.05) is 0 Å². The zero-order chi connectivity index (χ0) is 31.9. The molecule has 0 aliphatic rings. The first-order valence-corrected chi connectivity index (χ1v) is 16.5.